The number of hydrogen-bond acceptors (Lipinski definition) is 4. The fourth-order valence-corrected chi connectivity index (χ4v) is 3.95. The van der Waals surface area contributed by atoms with E-state index in [1.54, 1.807) is 17.0 Å². The normalized spacial score (nSPS) is 16.6. The zero-order chi connectivity index (χ0) is 17.0. The van der Waals surface area contributed by atoms with Crippen molar-refractivity contribution in [3.05, 3.63) is 33.8 Å². The summed E-state index contributed by atoms with van der Waals surface area (Å²) in [5, 5.41) is 0.704. The number of hydrogen-bond donors (Lipinski definition) is 0. The quantitative estimate of drug-likeness (QED) is 0.779. The molecule has 0 unspecified atom stereocenters. The maximum absolute atomic E-state index is 12.4. The van der Waals surface area contributed by atoms with Gasteiger partial charge in [0.05, 0.1) is 22.4 Å². The maximum atomic E-state index is 12.4. The molecule has 23 heavy (non-hydrogen) atoms. The van der Waals surface area contributed by atoms with Gasteiger partial charge < -0.3 is 9.64 Å². The number of methoxy groups -OCH3 is 1. The Labute approximate surface area is 146 Å². The van der Waals surface area contributed by atoms with Crippen LogP contribution in [-0.2, 0) is 14.8 Å². The lowest BCUT2D eigenvalue weighted by Crippen LogP contribution is -2.51. The summed E-state index contributed by atoms with van der Waals surface area (Å²) in [6.45, 7) is 1.39. The molecule has 1 aromatic carbocycles. The van der Waals surface area contributed by atoms with Gasteiger partial charge >= 0.3 is 0 Å². The average Bonchev–Trinajstić information content (AvgIpc) is 2.55. The predicted molar refractivity (Wildman–Crippen MR) is 89.6 cm³/mol. The number of ether oxygens (including phenoxy) is 1. The third-order valence-electron chi connectivity index (χ3n) is 3.63. The van der Waals surface area contributed by atoms with Gasteiger partial charge in [0.15, 0.2) is 0 Å². The molecule has 1 aliphatic heterocycles. The number of benzene rings is 1. The molecule has 6 nitrogen and oxygen atoms in total. The fourth-order valence-electron chi connectivity index (χ4n) is 2.30. The van der Waals surface area contributed by atoms with Gasteiger partial charge in [0.2, 0.25) is 10.0 Å². The van der Waals surface area contributed by atoms with E-state index < -0.39 is 10.0 Å². The molecule has 0 spiro atoms. The van der Waals surface area contributed by atoms with E-state index in [9.17, 15) is 13.2 Å². The Balaban J connectivity index is 1.98. The number of sulfonamides is 1. The summed E-state index contributed by atoms with van der Waals surface area (Å²) in [5.74, 6) is -0.234. The van der Waals surface area contributed by atoms with Crippen LogP contribution in [0.15, 0.2) is 18.2 Å². The lowest BCUT2D eigenvalue weighted by molar-refractivity contribution is 0.0697. The van der Waals surface area contributed by atoms with Crippen molar-refractivity contribution in [3.8, 4) is 0 Å². The van der Waals surface area contributed by atoms with Crippen molar-refractivity contribution in [2.24, 2.45) is 0 Å². The minimum absolute atomic E-state index is 0.0514. The van der Waals surface area contributed by atoms with Crippen LogP contribution >= 0.6 is 23.2 Å². The first-order valence-corrected chi connectivity index (χ1v) is 9.43. The van der Waals surface area contributed by atoms with Crippen LogP contribution in [0.25, 0.3) is 0 Å². The molecule has 1 saturated heterocycles. The lowest BCUT2D eigenvalue weighted by atomic mass is 10.2. The van der Waals surface area contributed by atoms with E-state index in [2.05, 4.69) is 0 Å². The molecule has 128 valence electrons. The van der Waals surface area contributed by atoms with Crippen LogP contribution < -0.4 is 0 Å². The summed E-state index contributed by atoms with van der Waals surface area (Å²) in [7, 11) is -1.88. The van der Waals surface area contributed by atoms with Gasteiger partial charge in [-0.25, -0.2) is 8.42 Å². The summed E-state index contributed by atoms with van der Waals surface area (Å²) in [5.41, 5.74) is 0.440. The Hall–Kier alpha value is -0.860. The van der Waals surface area contributed by atoms with Crippen molar-refractivity contribution in [1.29, 1.82) is 0 Å². The number of piperazine rings is 1. The Morgan fingerprint density at radius 3 is 2.39 bits per heavy atom. The number of nitrogens with zero attached hydrogens (tertiary/aromatic N) is 2. The topological polar surface area (TPSA) is 66.9 Å². The predicted octanol–water partition coefficient (Wildman–Crippen LogP) is 1.73. The van der Waals surface area contributed by atoms with Gasteiger partial charge in [0, 0.05) is 38.9 Å². The smallest absolute Gasteiger partial charge is 0.253 e. The van der Waals surface area contributed by atoms with Crippen molar-refractivity contribution >= 4 is 39.1 Å². The molecule has 1 aliphatic rings. The molecular formula is C14H18Cl2N2O4S. The van der Waals surface area contributed by atoms with E-state index in [1.807, 2.05) is 0 Å². The molecule has 0 N–H and O–H groups in total. The first-order chi connectivity index (χ1) is 10.8. The van der Waals surface area contributed by atoms with Crippen molar-refractivity contribution < 1.29 is 17.9 Å². The zero-order valence-electron chi connectivity index (χ0n) is 12.7. The van der Waals surface area contributed by atoms with E-state index >= 15 is 0 Å². The maximum Gasteiger partial charge on any atom is 0.253 e. The monoisotopic (exact) mass is 380 g/mol. The van der Waals surface area contributed by atoms with Crippen molar-refractivity contribution in [3.63, 3.8) is 0 Å². The first kappa shape index (κ1) is 18.5. The standard InChI is InChI=1S/C14H18Cl2N2O4S/c1-22-8-9-23(20,21)18-6-4-17(5-7-18)14(19)11-2-3-12(15)13(16)10-11/h2-3,10H,4-9H2,1H3. The molecular weight excluding hydrogens is 363 g/mol. The van der Waals surface area contributed by atoms with E-state index in [-0.39, 0.29) is 31.4 Å². The fraction of sp³-hybridized carbons (Fsp3) is 0.500. The number of amides is 1. The molecule has 2 rings (SSSR count). The van der Waals surface area contributed by atoms with Crippen molar-refractivity contribution in [1.82, 2.24) is 9.21 Å². The lowest BCUT2D eigenvalue weighted by Gasteiger charge is -2.34. The van der Waals surface area contributed by atoms with E-state index in [0.717, 1.165) is 0 Å². The summed E-state index contributed by atoms with van der Waals surface area (Å²) < 4.78 is 30.4. The van der Waals surface area contributed by atoms with Crippen LogP contribution in [-0.4, -0.2) is 69.2 Å². The Kier molecular flexibility index (Phi) is 6.27. The van der Waals surface area contributed by atoms with Gasteiger partial charge in [-0.05, 0) is 18.2 Å². The van der Waals surface area contributed by atoms with Crippen LogP contribution in [0.5, 0.6) is 0 Å². The molecule has 0 bridgehead atoms. The summed E-state index contributed by atoms with van der Waals surface area (Å²) in [4.78, 5) is 14.0. The average molecular weight is 381 g/mol. The van der Waals surface area contributed by atoms with Gasteiger partial charge in [-0.1, -0.05) is 23.2 Å². The van der Waals surface area contributed by atoms with Gasteiger partial charge in [0.25, 0.3) is 5.91 Å². The minimum atomic E-state index is -3.34. The highest BCUT2D eigenvalue weighted by atomic mass is 35.5. The Morgan fingerprint density at radius 1 is 1.17 bits per heavy atom. The molecule has 0 atom stereocenters. The second-order valence-electron chi connectivity index (χ2n) is 5.13. The minimum Gasteiger partial charge on any atom is -0.384 e. The van der Waals surface area contributed by atoms with Gasteiger partial charge in [0.1, 0.15) is 0 Å². The highest BCUT2D eigenvalue weighted by Crippen LogP contribution is 2.23. The van der Waals surface area contributed by atoms with Crippen molar-refractivity contribution in [2.75, 3.05) is 45.6 Å². The van der Waals surface area contributed by atoms with Crippen molar-refractivity contribution in [2.45, 2.75) is 0 Å². The highest BCUT2D eigenvalue weighted by molar-refractivity contribution is 7.89. The zero-order valence-corrected chi connectivity index (χ0v) is 15.0. The molecule has 1 amide bonds. The second kappa shape index (κ2) is 7.81. The van der Waals surface area contributed by atoms with Crippen LogP contribution in [0.3, 0.4) is 0 Å². The SMILES string of the molecule is COCCS(=O)(=O)N1CCN(C(=O)c2ccc(Cl)c(Cl)c2)CC1. The van der Waals surface area contributed by atoms with Gasteiger partial charge in [-0.3, -0.25) is 4.79 Å². The van der Waals surface area contributed by atoms with E-state index in [1.165, 1.54) is 17.5 Å². The van der Waals surface area contributed by atoms with E-state index in [4.69, 9.17) is 27.9 Å². The third-order valence-corrected chi connectivity index (χ3v) is 6.20. The summed E-state index contributed by atoms with van der Waals surface area (Å²) in [6, 6.07) is 4.70. The largest absolute Gasteiger partial charge is 0.384 e. The van der Waals surface area contributed by atoms with Crippen LogP contribution in [0.1, 0.15) is 10.4 Å². The number of carbonyl (C=O) groups is 1. The molecule has 0 saturated carbocycles. The van der Waals surface area contributed by atoms with Crippen LogP contribution in [0.4, 0.5) is 0 Å². The second-order valence-corrected chi connectivity index (χ2v) is 8.03. The van der Waals surface area contributed by atoms with Gasteiger partial charge in [-0.2, -0.15) is 4.31 Å². The molecule has 1 aromatic rings. The Bertz CT molecular complexity index is 673. The molecule has 0 aliphatic carbocycles. The molecule has 0 radical (unpaired) electrons. The summed E-state index contributed by atoms with van der Waals surface area (Å²) in [6.07, 6.45) is 0. The Morgan fingerprint density at radius 2 is 1.83 bits per heavy atom. The number of carbonyl (C=O) groups excluding carboxylic acids is 1. The molecule has 0 aromatic heterocycles. The molecule has 1 fully saturated rings. The summed E-state index contributed by atoms with van der Waals surface area (Å²) >= 11 is 11.8. The van der Waals surface area contributed by atoms with Crippen LogP contribution in [0.2, 0.25) is 10.0 Å². The number of rotatable bonds is 5. The van der Waals surface area contributed by atoms with Gasteiger partial charge in [-0.15, -0.1) is 0 Å². The molecule has 1 heterocycles. The molecule has 9 heteroatoms. The third kappa shape index (κ3) is 4.58. The highest BCUT2D eigenvalue weighted by Gasteiger charge is 2.29. The first-order valence-electron chi connectivity index (χ1n) is 7.06. The number of halogens is 2. The van der Waals surface area contributed by atoms with E-state index in [0.29, 0.717) is 28.7 Å². The van der Waals surface area contributed by atoms with Crippen LogP contribution in [0, 0.1) is 0 Å².